The molecule has 148 valence electrons. The van der Waals surface area contributed by atoms with Gasteiger partial charge in [-0.1, -0.05) is 35.5 Å². The third kappa shape index (κ3) is 4.64. The molecule has 9 nitrogen and oxygen atoms in total. The van der Waals surface area contributed by atoms with Crippen LogP contribution in [-0.2, 0) is 4.79 Å². The molecule has 0 aliphatic heterocycles. The van der Waals surface area contributed by atoms with Crippen LogP contribution in [0.3, 0.4) is 0 Å². The Morgan fingerprint density at radius 2 is 1.86 bits per heavy atom. The average molecular weight is 394 g/mol. The Morgan fingerprint density at radius 3 is 2.48 bits per heavy atom. The van der Waals surface area contributed by atoms with Gasteiger partial charge in [-0.05, 0) is 19.1 Å². The van der Waals surface area contributed by atoms with Crippen LogP contribution < -0.4 is 10.2 Å². The van der Waals surface area contributed by atoms with Gasteiger partial charge in [0.1, 0.15) is 11.4 Å². The molecule has 0 unspecified atom stereocenters. The summed E-state index contributed by atoms with van der Waals surface area (Å²) >= 11 is 0. The van der Waals surface area contributed by atoms with Crippen LogP contribution in [0.25, 0.3) is 0 Å². The number of anilines is 2. The second-order valence-electron chi connectivity index (χ2n) is 6.38. The number of likely N-dealkylation sites (N-methyl/N-ethyl adjacent to an activating group) is 1. The fraction of sp³-hybridized carbons (Fsp3) is 0.150. The molecule has 9 heteroatoms. The summed E-state index contributed by atoms with van der Waals surface area (Å²) in [6.07, 6.45) is 0. The molecule has 1 aromatic heterocycles. The summed E-state index contributed by atoms with van der Waals surface area (Å²) in [5, 5.41) is 17.8. The number of hydrogen-bond donors (Lipinski definition) is 1. The quantitative estimate of drug-likeness (QED) is 0.371. The number of nitro groups is 1. The van der Waals surface area contributed by atoms with E-state index in [0.717, 1.165) is 0 Å². The summed E-state index contributed by atoms with van der Waals surface area (Å²) in [4.78, 5) is 37.2. The lowest BCUT2D eigenvalue weighted by molar-refractivity contribution is -0.384. The van der Waals surface area contributed by atoms with Crippen molar-refractivity contribution < 1.29 is 19.0 Å². The lowest BCUT2D eigenvalue weighted by Gasteiger charge is -2.18. The van der Waals surface area contributed by atoms with Crippen molar-refractivity contribution in [3.05, 3.63) is 81.6 Å². The molecule has 2 aromatic carbocycles. The minimum Gasteiger partial charge on any atom is -0.360 e. The van der Waals surface area contributed by atoms with Gasteiger partial charge in [-0.25, -0.2) is 0 Å². The number of benzene rings is 2. The van der Waals surface area contributed by atoms with E-state index < -0.39 is 10.8 Å². The number of aryl methyl sites for hydroxylation is 1. The first-order valence-corrected chi connectivity index (χ1v) is 8.67. The van der Waals surface area contributed by atoms with Gasteiger partial charge in [-0.3, -0.25) is 19.7 Å². The summed E-state index contributed by atoms with van der Waals surface area (Å²) in [6, 6.07) is 14.3. The predicted octanol–water partition coefficient (Wildman–Crippen LogP) is 3.20. The molecular formula is C20H18N4O5. The summed E-state index contributed by atoms with van der Waals surface area (Å²) in [7, 11) is 1.55. The molecule has 0 atom stereocenters. The predicted molar refractivity (Wildman–Crippen MR) is 106 cm³/mol. The molecule has 0 saturated carbocycles. The topological polar surface area (TPSA) is 119 Å². The minimum atomic E-state index is -0.577. The van der Waals surface area contributed by atoms with Crippen LogP contribution >= 0.6 is 0 Å². The van der Waals surface area contributed by atoms with Gasteiger partial charge in [0.15, 0.2) is 11.6 Å². The molecule has 1 N–H and O–H groups in total. The second-order valence-corrected chi connectivity index (χ2v) is 6.38. The van der Waals surface area contributed by atoms with Crippen LogP contribution in [-0.4, -0.2) is 35.4 Å². The summed E-state index contributed by atoms with van der Waals surface area (Å²) < 4.78 is 4.88. The van der Waals surface area contributed by atoms with Gasteiger partial charge in [-0.15, -0.1) is 0 Å². The molecule has 0 aliphatic carbocycles. The van der Waals surface area contributed by atoms with Crippen molar-refractivity contribution in [3.8, 4) is 0 Å². The zero-order chi connectivity index (χ0) is 21.0. The van der Waals surface area contributed by atoms with Gasteiger partial charge in [0, 0.05) is 30.3 Å². The van der Waals surface area contributed by atoms with Gasteiger partial charge in [0.05, 0.1) is 11.5 Å². The average Bonchev–Trinajstić information content (AvgIpc) is 3.11. The fourth-order valence-corrected chi connectivity index (χ4v) is 2.80. The maximum atomic E-state index is 12.6. The van der Waals surface area contributed by atoms with Gasteiger partial charge < -0.3 is 14.7 Å². The van der Waals surface area contributed by atoms with Crippen LogP contribution in [0.4, 0.5) is 17.2 Å². The Hall–Kier alpha value is -4.01. The van der Waals surface area contributed by atoms with E-state index in [1.807, 2.05) is 0 Å². The van der Waals surface area contributed by atoms with E-state index >= 15 is 0 Å². The third-order valence-electron chi connectivity index (χ3n) is 4.16. The number of carbonyl (C=O) groups is 2. The standard InChI is InChI=1S/C20H18N4O5/c1-13-10-18(22-29-13)21-19(25)12-23(2)16-9-8-15(11-17(16)24(27)28)20(26)14-6-4-3-5-7-14/h3-11H,12H2,1-2H3,(H,21,22,25). The van der Waals surface area contributed by atoms with E-state index in [4.69, 9.17) is 4.52 Å². The highest BCUT2D eigenvalue weighted by atomic mass is 16.6. The van der Waals surface area contributed by atoms with Crippen LogP contribution in [0.2, 0.25) is 0 Å². The maximum absolute atomic E-state index is 12.6. The monoisotopic (exact) mass is 394 g/mol. The number of ketones is 1. The van der Waals surface area contributed by atoms with E-state index in [9.17, 15) is 19.7 Å². The fourth-order valence-electron chi connectivity index (χ4n) is 2.80. The highest BCUT2D eigenvalue weighted by molar-refractivity contribution is 6.09. The van der Waals surface area contributed by atoms with Gasteiger partial charge in [0.25, 0.3) is 5.69 Å². The molecular weight excluding hydrogens is 376 g/mol. The Kier molecular flexibility index (Phi) is 5.68. The molecule has 0 aliphatic rings. The summed E-state index contributed by atoms with van der Waals surface area (Å²) in [5.74, 6) is 0.0729. The van der Waals surface area contributed by atoms with Crippen molar-refractivity contribution in [1.82, 2.24) is 5.16 Å². The zero-order valence-corrected chi connectivity index (χ0v) is 15.8. The molecule has 0 saturated heterocycles. The van der Waals surface area contributed by atoms with E-state index in [0.29, 0.717) is 11.3 Å². The Bertz CT molecular complexity index is 1060. The number of aromatic nitrogens is 1. The van der Waals surface area contributed by atoms with Crippen molar-refractivity contribution in [2.75, 3.05) is 23.8 Å². The Labute approximate surface area is 166 Å². The number of rotatable bonds is 7. The Morgan fingerprint density at radius 1 is 1.14 bits per heavy atom. The lowest BCUT2D eigenvalue weighted by Crippen LogP contribution is -2.30. The number of nitrogens with one attached hydrogen (secondary N) is 1. The lowest BCUT2D eigenvalue weighted by atomic mass is 10.0. The number of nitrogens with zero attached hydrogens (tertiary/aromatic N) is 3. The number of nitro benzene ring substituents is 1. The van der Waals surface area contributed by atoms with Crippen molar-refractivity contribution in [2.24, 2.45) is 0 Å². The normalized spacial score (nSPS) is 10.4. The van der Waals surface area contributed by atoms with Crippen molar-refractivity contribution in [1.29, 1.82) is 0 Å². The summed E-state index contributed by atoms with van der Waals surface area (Å²) in [5.41, 5.74) is 0.582. The molecule has 0 spiro atoms. The first-order chi connectivity index (χ1) is 13.8. The van der Waals surface area contributed by atoms with E-state index in [1.54, 1.807) is 50.4 Å². The highest BCUT2D eigenvalue weighted by Crippen LogP contribution is 2.29. The molecule has 0 bridgehead atoms. The van der Waals surface area contributed by atoms with Crippen LogP contribution in [0, 0.1) is 17.0 Å². The number of hydrogen-bond acceptors (Lipinski definition) is 7. The molecule has 0 radical (unpaired) electrons. The van der Waals surface area contributed by atoms with Crippen molar-refractivity contribution in [2.45, 2.75) is 6.92 Å². The molecule has 0 fully saturated rings. The zero-order valence-electron chi connectivity index (χ0n) is 15.8. The van der Waals surface area contributed by atoms with E-state index in [-0.39, 0.29) is 35.1 Å². The smallest absolute Gasteiger partial charge is 0.293 e. The van der Waals surface area contributed by atoms with Crippen molar-refractivity contribution >= 4 is 28.9 Å². The number of amides is 1. The van der Waals surface area contributed by atoms with E-state index in [2.05, 4.69) is 10.5 Å². The maximum Gasteiger partial charge on any atom is 0.293 e. The van der Waals surface area contributed by atoms with Gasteiger partial charge in [0.2, 0.25) is 5.91 Å². The molecule has 29 heavy (non-hydrogen) atoms. The highest BCUT2D eigenvalue weighted by Gasteiger charge is 2.22. The Balaban J connectivity index is 1.80. The minimum absolute atomic E-state index is 0.154. The van der Waals surface area contributed by atoms with Crippen molar-refractivity contribution in [3.63, 3.8) is 0 Å². The van der Waals surface area contributed by atoms with Crippen LogP contribution in [0.1, 0.15) is 21.7 Å². The van der Waals surface area contributed by atoms with E-state index in [1.165, 1.54) is 23.1 Å². The van der Waals surface area contributed by atoms with Crippen LogP contribution in [0.5, 0.6) is 0 Å². The first-order valence-electron chi connectivity index (χ1n) is 8.67. The van der Waals surface area contributed by atoms with Crippen LogP contribution in [0.15, 0.2) is 59.1 Å². The van der Waals surface area contributed by atoms with Gasteiger partial charge in [-0.2, -0.15) is 0 Å². The number of carbonyl (C=O) groups excluding carboxylic acids is 2. The summed E-state index contributed by atoms with van der Waals surface area (Å²) in [6.45, 7) is 1.54. The molecule has 1 heterocycles. The molecule has 3 rings (SSSR count). The SMILES string of the molecule is Cc1cc(NC(=O)CN(C)c2ccc(C(=O)c3ccccc3)cc2[N+](=O)[O-])no1. The molecule has 3 aromatic rings. The largest absolute Gasteiger partial charge is 0.360 e. The third-order valence-corrected chi connectivity index (χ3v) is 4.16. The van der Waals surface area contributed by atoms with Gasteiger partial charge >= 0.3 is 0 Å². The second kappa shape index (κ2) is 8.34. The first kappa shape index (κ1) is 19.7. The molecule has 1 amide bonds.